The number of aryl methyl sites for hydroxylation is 1. The maximum atomic E-state index is 10.8. The molecule has 4 heteroatoms. The van der Waals surface area contributed by atoms with Crippen molar-refractivity contribution < 1.29 is 14.7 Å². The number of hydrogen-bond acceptors (Lipinski definition) is 2. The number of amides is 1. The van der Waals surface area contributed by atoms with Gasteiger partial charge in [0.2, 0.25) is 5.91 Å². The summed E-state index contributed by atoms with van der Waals surface area (Å²) in [7, 11) is 0. The summed E-state index contributed by atoms with van der Waals surface area (Å²) >= 11 is 0. The average molecular weight is 205 g/mol. The van der Waals surface area contributed by atoms with Gasteiger partial charge in [0.25, 0.3) is 0 Å². The second-order valence-electron chi connectivity index (χ2n) is 3.13. The van der Waals surface area contributed by atoms with E-state index < -0.39 is 11.9 Å². The fourth-order valence-corrected chi connectivity index (χ4v) is 1.14. The lowest BCUT2D eigenvalue weighted by molar-refractivity contribution is -0.130. The van der Waals surface area contributed by atoms with Crippen molar-refractivity contribution in [1.29, 1.82) is 0 Å². The van der Waals surface area contributed by atoms with Crippen LogP contribution in [-0.2, 0) is 9.59 Å². The summed E-state index contributed by atoms with van der Waals surface area (Å²) in [6.45, 7) is 1.89. The van der Waals surface area contributed by atoms with Gasteiger partial charge in [-0.1, -0.05) is 29.8 Å². The van der Waals surface area contributed by atoms with Crippen LogP contribution in [0.15, 0.2) is 30.3 Å². The number of hydrogen-bond donors (Lipinski definition) is 2. The highest BCUT2D eigenvalue weighted by atomic mass is 16.4. The first-order valence-electron chi connectivity index (χ1n) is 4.32. The molecule has 1 rings (SSSR count). The van der Waals surface area contributed by atoms with Crippen LogP contribution in [0.2, 0.25) is 0 Å². The van der Waals surface area contributed by atoms with E-state index in [9.17, 15) is 9.59 Å². The Morgan fingerprint density at radius 3 is 2.20 bits per heavy atom. The molecule has 0 spiro atoms. The van der Waals surface area contributed by atoms with Crippen molar-refractivity contribution in [2.24, 2.45) is 5.73 Å². The van der Waals surface area contributed by atoms with Gasteiger partial charge in [-0.05, 0) is 12.5 Å². The fourth-order valence-electron chi connectivity index (χ4n) is 1.14. The van der Waals surface area contributed by atoms with E-state index in [1.807, 2.05) is 6.92 Å². The third kappa shape index (κ3) is 2.95. The van der Waals surface area contributed by atoms with Crippen LogP contribution in [0, 0.1) is 6.92 Å². The van der Waals surface area contributed by atoms with E-state index in [1.165, 1.54) is 0 Å². The molecule has 4 nitrogen and oxygen atoms in total. The van der Waals surface area contributed by atoms with E-state index in [4.69, 9.17) is 10.8 Å². The van der Waals surface area contributed by atoms with Gasteiger partial charge in [0, 0.05) is 6.08 Å². The van der Waals surface area contributed by atoms with E-state index >= 15 is 0 Å². The minimum atomic E-state index is -1.17. The monoisotopic (exact) mass is 205 g/mol. The van der Waals surface area contributed by atoms with Gasteiger partial charge in [0.15, 0.2) is 0 Å². The SMILES string of the molecule is Cc1ccc(/C(=C/C(N)=O)C(=O)O)cc1. The molecule has 0 aliphatic carbocycles. The highest BCUT2D eigenvalue weighted by Crippen LogP contribution is 2.15. The molecule has 78 valence electrons. The van der Waals surface area contributed by atoms with Crippen LogP contribution in [0.5, 0.6) is 0 Å². The van der Waals surface area contributed by atoms with Crippen LogP contribution in [-0.4, -0.2) is 17.0 Å². The third-order valence-electron chi connectivity index (χ3n) is 1.88. The van der Waals surface area contributed by atoms with Crippen molar-refractivity contribution in [2.75, 3.05) is 0 Å². The Hall–Kier alpha value is -2.10. The van der Waals surface area contributed by atoms with E-state index in [1.54, 1.807) is 24.3 Å². The molecule has 0 atom stereocenters. The molecule has 1 amide bonds. The predicted octanol–water partition coefficient (Wildman–Crippen LogP) is 0.948. The molecule has 1 aromatic carbocycles. The van der Waals surface area contributed by atoms with Crippen LogP contribution >= 0.6 is 0 Å². The van der Waals surface area contributed by atoms with Crippen molar-refractivity contribution in [3.63, 3.8) is 0 Å². The zero-order chi connectivity index (χ0) is 11.4. The van der Waals surface area contributed by atoms with Gasteiger partial charge in [-0.15, -0.1) is 0 Å². The Kier molecular flexibility index (Phi) is 3.23. The van der Waals surface area contributed by atoms with Gasteiger partial charge < -0.3 is 10.8 Å². The standard InChI is InChI=1S/C11H11NO3/c1-7-2-4-8(5-3-7)9(11(14)15)6-10(12)13/h2-6H,1H3,(H2,12,13)(H,14,15)/b9-6-. The molecular formula is C11H11NO3. The van der Waals surface area contributed by atoms with Crippen molar-refractivity contribution >= 4 is 17.4 Å². The minimum absolute atomic E-state index is 0.0949. The number of primary amides is 1. The molecule has 0 saturated heterocycles. The molecule has 15 heavy (non-hydrogen) atoms. The van der Waals surface area contributed by atoms with E-state index in [0.717, 1.165) is 11.6 Å². The van der Waals surface area contributed by atoms with Crippen LogP contribution in [0.4, 0.5) is 0 Å². The Morgan fingerprint density at radius 1 is 1.27 bits per heavy atom. The molecule has 1 aromatic rings. The molecular weight excluding hydrogens is 194 g/mol. The lowest BCUT2D eigenvalue weighted by Crippen LogP contribution is -2.10. The number of benzene rings is 1. The number of carboxylic acids is 1. The summed E-state index contributed by atoms with van der Waals surface area (Å²) in [4.78, 5) is 21.5. The quantitative estimate of drug-likeness (QED) is 0.721. The number of nitrogens with two attached hydrogens (primary N) is 1. The van der Waals surface area contributed by atoms with Gasteiger partial charge in [0.05, 0.1) is 5.57 Å². The molecule has 3 N–H and O–H groups in total. The summed E-state index contributed by atoms with van der Waals surface area (Å²) < 4.78 is 0. The summed E-state index contributed by atoms with van der Waals surface area (Å²) in [5, 5.41) is 8.87. The van der Waals surface area contributed by atoms with Crippen molar-refractivity contribution in [3.05, 3.63) is 41.5 Å². The van der Waals surface area contributed by atoms with E-state index in [0.29, 0.717) is 5.56 Å². The zero-order valence-electron chi connectivity index (χ0n) is 8.23. The zero-order valence-corrected chi connectivity index (χ0v) is 8.23. The summed E-state index contributed by atoms with van der Waals surface area (Å²) in [5.41, 5.74) is 6.31. The van der Waals surface area contributed by atoms with Crippen LogP contribution in [0.1, 0.15) is 11.1 Å². The predicted molar refractivity (Wildman–Crippen MR) is 56.0 cm³/mol. The lowest BCUT2D eigenvalue weighted by Gasteiger charge is -2.02. The van der Waals surface area contributed by atoms with Crippen molar-refractivity contribution in [3.8, 4) is 0 Å². The van der Waals surface area contributed by atoms with Gasteiger partial charge in [-0.3, -0.25) is 4.79 Å². The molecule has 0 fully saturated rings. The molecule has 0 aliphatic heterocycles. The molecule has 0 bridgehead atoms. The first kappa shape index (κ1) is 11.0. The molecule has 0 aliphatic rings. The maximum Gasteiger partial charge on any atom is 0.336 e. The summed E-state index contributed by atoms with van der Waals surface area (Å²) in [6.07, 6.45) is 0.910. The molecule has 0 heterocycles. The Balaban J connectivity index is 3.16. The normalized spacial score (nSPS) is 11.1. The number of rotatable bonds is 3. The van der Waals surface area contributed by atoms with Crippen molar-refractivity contribution in [2.45, 2.75) is 6.92 Å². The topological polar surface area (TPSA) is 80.4 Å². The van der Waals surface area contributed by atoms with Gasteiger partial charge >= 0.3 is 5.97 Å². The second kappa shape index (κ2) is 4.41. The fraction of sp³-hybridized carbons (Fsp3) is 0.0909. The molecule has 0 radical (unpaired) electrons. The molecule has 0 unspecified atom stereocenters. The highest BCUT2D eigenvalue weighted by molar-refractivity contribution is 6.20. The first-order chi connectivity index (χ1) is 7.00. The largest absolute Gasteiger partial charge is 0.478 e. The number of carbonyl (C=O) groups is 2. The minimum Gasteiger partial charge on any atom is -0.478 e. The number of carbonyl (C=O) groups excluding carboxylic acids is 1. The number of carboxylic acid groups (broad SMARTS) is 1. The van der Waals surface area contributed by atoms with Gasteiger partial charge in [0.1, 0.15) is 0 Å². The van der Waals surface area contributed by atoms with Gasteiger partial charge in [-0.2, -0.15) is 0 Å². The Morgan fingerprint density at radius 2 is 1.80 bits per heavy atom. The van der Waals surface area contributed by atoms with Crippen LogP contribution in [0.25, 0.3) is 5.57 Å². The average Bonchev–Trinajstić information content (AvgIpc) is 2.15. The summed E-state index contributed by atoms with van der Waals surface area (Å²) in [6, 6.07) is 6.82. The highest BCUT2D eigenvalue weighted by Gasteiger charge is 2.10. The second-order valence-corrected chi connectivity index (χ2v) is 3.13. The first-order valence-corrected chi connectivity index (χ1v) is 4.32. The van der Waals surface area contributed by atoms with Gasteiger partial charge in [-0.25, -0.2) is 4.79 Å². The van der Waals surface area contributed by atoms with E-state index in [-0.39, 0.29) is 5.57 Å². The maximum absolute atomic E-state index is 10.8. The third-order valence-corrected chi connectivity index (χ3v) is 1.88. The van der Waals surface area contributed by atoms with Crippen LogP contribution in [0.3, 0.4) is 0 Å². The molecule has 0 saturated carbocycles. The number of aliphatic carboxylic acids is 1. The van der Waals surface area contributed by atoms with Crippen molar-refractivity contribution in [1.82, 2.24) is 0 Å². The summed E-state index contributed by atoms with van der Waals surface area (Å²) in [5.74, 6) is -1.94. The van der Waals surface area contributed by atoms with E-state index in [2.05, 4.69) is 0 Å². The molecule has 0 aromatic heterocycles. The smallest absolute Gasteiger partial charge is 0.336 e. The Bertz CT molecular complexity index is 418. The van der Waals surface area contributed by atoms with Crippen LogP contribution < -0.4 is 5.73 Å². The Labute approximate surface area is 87.0 Å². The lowest BCUT2D eigenvalue weighted by atomic mass is 10.0.